The quantitative estimate of drug-likeness (QED) is 0.828. The van der Waals surface area contributed by atoms with Gasteiger partial charge in [0.25, 0.3) is 0 Å². The van der Waals surface area contributed by atoms with Crippen LogP contribution in [0.25, 0.3) is 6.08 Å². The molecule has 2 rings (SSSR count). The Bertz CT molecular complexity index is 561. The van der Waals surface area contributed by atoms with Crippen molar-refractivity contribution in [3.05, 3.63) is 23.8 Å². The van der Waals surface area contributed by atoms with E-state index in [-0.39, 0.29) is 16.9 Å². The fourth-order valence-corrected chi connectivity index (χ4v) is 2.83. The Morgan fingerprint density at radius 2 is 1.95 bits per heavy atom. The van der Waals surface area contributed by atoms with Crippen LogP contribution in [0.3, 0.4) is 0 Å². The van der Waals surface area contributed by atoms with Gasteiger partial charge in [0.05, 0.1) is 14.2 Å². The van der Waals surface area contributed by atoms with Crippen LogP contribution in [0, 0.1) is 0 Å². The number of hydrogen-bond acceptors (Lipinski definition) is 6. The monoisotopic (exact) mass is 311 g/mol. The molecule has 0 bridgehead atoms. The third kappa shape index (κ3) is 3.05. The maximum absolute atomic E-state index is 11.5. The highest BCUT2D eigenvalue weighted by atomic mass is 32.2. The standard InChI is InChI=1S/C13H13NO4S2/c1-17-8-5-7(6-9(18-2)11(8)15)3-4-10-12(16)14-13(19)20-10/h3-6,10,15H,1-2H3,(H,14,16,19)/b4-3+. The average molecular weight is 311 g/mol. The van der Waals surface area contributed by atoms with Crippen LogP contribution in [0.2, 0.25) is 0 Å². The van der Waals surface area contributed by atoms with E-state index in [9.17, 15) is 9.90 Å². The molecule has 1 aromatic carbocycles. The molecule has 1 aliphatic heterocycles. The zero-order valence-corrected chi connectivity index (χ0v) is 12.5. The second-order valence-electron chi connectivity index (χ2n) is 3.95. The summed E-state index contributed by atoms with van der Waals surface area (Å²) in [6, 6.07) is 3.31. The third-order valence-electron chi connectivity index (χ3n) is 2.68. The SMILES string of the molecule is COc1cc(/C=C/C2SC(=S)NC2=O)cc(OC)c1O. The van der Waals surface area contributed by atoms with Crippen molar-refractivity contribution in [2.75, 3.05) is 14.2 Å². The lowest BCUT2D eigenvalue weighted by Gasteiger charge is -2.09. The molecule has 106 valence electrons. The molecule has 1 heterocycles. The van der Waals surface area contributed by atoms with Crippen LogP contribution in [-0.2, 0) is 4.79 Å². The van der Waals surface area contributed by atoms with Crippen LogP contribution < -0.4 is 14.8 Å². The number of aromatic hydroxyl groups is 1. The summed E-state index contributed by atoms with van der Waals surface area (Å²) in [6.07, 6.45) is 3.50. The summed E-state index contributed by atoms with van der Waals surface area (Å²) in [5, 5.41) is 12.0. The molecular formula is C13H13NO4S2. The molecule has 5 nitrogen and oxygen atoms in total. The molecule has 0 radical (unpaired) electrons. The molecule has 0 saturated carbocycles. The van der Waals surface area contributed by atoms with E-state index in [0.717, 1.165) is 5.56 Å². The summed E-state index contributed by atoms with van der Waals surface area (Å²) in [6.45, 7) is 0. The Balaban J connectivity index is 2.25. The Morgan fingerprint density at radius 1 is 1.35 bits per heavy atom. The van der Waals surface area contributed by atoms with Crippen molar-refractivity contribution in [3.63, 3.8) is 0 Å². The summed E-state index contributed by atoms with van der Waals surface area (Å²) in [5.41, 5.74) is 0.753. The van der Waals surface area contributed by atoms with Gasteiger partial charge in [0.2, 0.25) is 11.7 Å². The molecule has 1 amide bonds. The van der Waals surface area contributed by atoms with Gasteiger partial charge in [-0.1, -0.05) is 36.1 Å². The van der Waals surface area contributed by atoms with Crippen LogP contribution in [0.4, 0.5) is 0 Å². The van der Waals surface area contributed by atoms with E-state index in [4.69, 9.17) is 21.7 Å². The van der Waals surface area contributed by atoms with Gasteiger partial charge in [-0.25, -0.2) is 0 Å². The van der Waals surface area contributed by atoms with E-state index in [1.54, 1.807) is 24.3 Å². The average Bonchev–Trinajstić information content (AvgIpc) is 2.75. The van der Waals surface area contributed by atoms with Crippen molar-refractivity contribution < 1.29 is 19.4 Å². The normalized spacial score (nSPS) is 18.4. The molecule has 1 saturated heterocycles. The highest BCUT2D eigenvalue weighted by molar-refractivity contribution is 8.24. The number of nitrogens with one attached hydrogen (secondary N) is 1. The number of thiocarbonyl (C=S) groups is 1. The number of methoxy groups -OCH3 is 2. The fraction of sp³-hybridized carbons (Fsp3) is 0.231. The largest absolute Gasteiger partial charge is 0.502 e. The van der Waals surface area contributed by atoms with E-state index in [1.807, 2.05) is 0 Å². The lowest BCUT2D eigenvalue weighted by molar-refractivity contribution is -0.118. The molecule has 1 aromatic rings. The van der Waals surface area contributed by atoms with Gasteiger partial charge in [-0.3, -0.25) is 4.79 Å². The van der Waals surface area contributed by atoms with Crippen molar-refractivity contribution >= 4 is 40.3 Å². The fourth-order valence-electron chi connectivity index (χ4n) is 1.71. The van der Waals surface area contributed by atoms with Gasteiger partial charge in [0.15, 0.2) is 11.5 Å². The highest BCUT2D eigenvalue weighted by Crippen LogP contribution is 2.37. The number of amides is 1. The van der Waals surface area contributed by atoms with E-state index in [1.165, 1.54) is 26.0 Å². The molecule has 1 unspecified atom stereocenters. The number of phenols is 1. The summed E-state index contributed by atoms with van der Waals surface area (Å²) >= 11 is 6.21. The summed E-state index contributed by atoms with van der Waals surface area (Å²) in [7, 11) is 2.92. The van der Waals surface area contributed by atoms with Gasteiger partial charge in [0, 0.05) is 0 Å². The summed E-state index contributed by atoms with van der Waals surface area (Å²) in [4.78, 5) is 11.5. The van der Waals surface area contributed by atoms with Crippen LogP contribution in [0.1, 0.15) is 5.56 Å². The van der Waals surface area contributed by atoms with E-state index < -0.39 is 0 Å². The minimum Gasteiger partial charge on any atom is -0.502 e. The van der Waals surface area contributed by atoms with Gasteiger partial charge < -0.3 is 19.9 Å². The molecule has 1 atom stereocenters. The zero-order valence-electron chi connectivity index (χ0n) is 10.9. The highest BCUT2D eigenvalue weighted by Gasteiger charge is 2.26. The predicted molar refractivity (Wildman–Crippen MR) is 82.4 cm³/mol. The van der Waals surface area contributed by atoms with Crippen LogP contribution in [0.15, 0.2) is 18.2 Å². The lowest BCUT2D eigenvalue weighted by atomic mass is 10.1. The van der Waals surface area contributed by atoms with Crippen molar-refractivity contribution in [3.8, 4) is 17.2 Å². The van der Waals surface area contributed by atoms with Gasteiger partial charge >= 0.3 is 0 Å². The van der Waals surface area contributed by atoms with E-state index in [0.29, 0.717) is 15.8 Å². The maximum Gasteiger partial charge on any atom is 0.242 e. The Hall–Kier alpha value is -1.73. The minimum absolute atomic E-state index is 0.0543. The van der Waals surface area contributed by atoms with Crippen molar-refractivity contribution in [1.29, 1.82) is 0 Å². The van der Waals surface area contributed by atoms with Gasteiger partial charge in [-0.05, 0) is 17.7 Å². The van der Waals surface area contributed by atoms with Gasteiger partial charge in [0.1, 0.15) is 9.57 Å². The van der Waals surface area contributed by atoms with Crippen molar-refractivity contribution in [1.82, 2.24) is 5.32 Å². The lowest BCUT2D eigenvalue weighted by Crippen LogP contribution is -2.22. The number of carbonyl (C=O) groups is 1. The van der Waals surface area contributed by atoms with Crippen molar-refractivity contribution in [2.24, 2.45) is 0 Å². The Labute approximate surface area is 126 Å². The maximum atomic E-state index is 11.5. The molecule has 0 aromatic heterocycles. The van der Waals surface area contributed by atoms with E-state index in [2.05, 4.69) is 5.32 Å². The molecular weight excluding hydrogens is 298 g/mol. The smallest absolute Gasteiger partial charge is 0.242 e. The molecule has 0 aliphatic carbocycles. The number of ether oxygens (including phenoxy) is 2. The minimum atomic E-state index is -0.340. The predicted octanol–water partition coefficient (Wildman–Crippen LogP) is 1.94. The molecule has 2 N–H and O–H groups in total. The van der Waals surface area contributed by atoms with Gasteiger partial charge in [-0.15, -0.1) is 0 Å². The van der Waals surface area contributed by atoms with Gasteiger partial charge in [-0.2, -0.15) is 0 Å². The number of thioether (sulfide) groups is 1. The number of rotatable bonds is 4. The Kier molecular flexibility index (Phi) is 4.51. The first-order valence-corrected chi connectivity index (χ1v) is 6.98. The van der Waals surface area contributed by atoms with Crippen LogP contribution in [-0.4, -0.2) is 34.8 Å². The first-order valence-electron chi connectivity index (χ1n) is 5.70. The summed E-state index contributed by atoms with van der Waals surface area (Å²) in [5.74, 6) is 0.432. The second kappa shape index (κ2) is 6.15. The Morgan fingerprint density at radius 3 is 2.40 bits per heavy atom. The van der Waals surface area contributed by atoms with E-state index >= 15 is 0 Å². The van der Waals surface area contributed by atoms with Crippen molar-refractivity contribution in [2.45, 2.75) is 5.25 Å². The topological polar surface area (TPSA) is 67.8 Å². The number of phenolic OH excluding ortho intramolecular Hbond substituents is 1. The first-order chi connectivity index (χ1) is 9.55. The third-order valence-corrected chi connectivity index (χ3v) is 4.02. The van der Waals surface area contributed by atoms with Crippen LogP contribution in [0.5, 0.6) is 17.2 Å². The molecule has 20 heavy (non-hydrogen) atoms. The first kappa shape index (κ1) is 14.7. The molecule has 1 aliphatic rings. The molecule has 0 spiro atoms. The second-order valence-corrected chi connectivity index (χ2v) is 5.77. The summed E-state index contributed by atoms with van der Waals surface area (Å²) < 4.78 is 10.6. The zero-order chi connectivity index (χ0) is 14.7. The number of benzene rings is 1. The molecule has 1 fully saturated rings. The van der Waals surface area contributed by atoms with Crippen LogP contribution >= 0.6 is 24.0 Å². The molecule has 7 heteroatoms. The number of carbonyl (C=O) groups excluding carboxylic acids is 1. The number of hydrogen-bond donors (Lipinski definition) is 2.